The van der Waals surface area contributed by atoms with E-state index in [0.717, 1.165) is 25.6 Å². The number of nitrogens with zero attached hydrogens (tertiary/aromatic N) is 2. The minimum atomic E-state index is -4.35. The lowest BCUT2D eigenvalue weighted by atomic mass is 9.89. The first kappa shape index (κ1) is 18.5. The van der Waals surface area contributed by atoms with Crippen molar-refractivity contribution in [3.8, 4) is 0 Å². The Hall–Kier alpha value is -1.84. The SMILES string of the molecule is O=C(C1NNC2CCNCC21)N1CCN(c2cccc(C(F)(F)F)c2)CC1. The van der Waals surface area contributed by atoms with Crippen LogP contribution >= 0.6 is 0 Å². The number of piperazine rings is 1. The van der Waals surface area contributed by atoms with Gasteiger partial charge in [-0.15, -0.1) is 0 Å². The number of benzene rings is 1. The third kappa shape index (κ3) is 3.76. The van der Waals surface area contributed by atoms with E-state index in [1.165, 1.54) is 12.1 Å². The number of anilines is 1. The van der Waals surface area contributed by atoms with Crippen molar-refractivity contribution in [1.29, 1.82) is 0 Å². The van der Waals surface area contributed by atoms with Crippen molar-refractivity contribution in [1.82, 2.24) is 21.1 Å². The molecule has 0 saturated carbocycles. The molecule has 3 heterocycles. The molecular formula is C18H24F3N5O. The van der Waals surface area contributed by atoms with E-state index >= 15 is 0 Å². The maximum absolute atomic E-state index is 12.9. The second-order valence-electron chi connectivity index (χ2n) is 7.39. The molecule has 1 aromatic carbocycles. The highest BCUT2D eigenvalue weighted by molar-refractivity contribution is 5.83. The van der Waals surface area contributed by atoms with Gasteiger partial charge in [0.15, 0.2) is 0 Å². The molecule has 0 aromatic heterocycles. The number of rotatable bonds is 2. The summed E-state index contributed by atoms with van der Waals surface area (Å²) in [5.74, 6) is 0.301. The molecule has 3 aliphatic rings. The molecule has 3 saturated heterocycles. The largest absolute Gasteiger partial charge is 0.416 e. The number of fused-ring (bicyclic) bond motifs is 1. The van der Waals surface area contributed by atoms with Gasteiger partial charge in [-0.2, -0.15) is 13.2 Å². The van der Waals surface area contributed by atoms with E-state index < -0.39 is 11.7 Å². The lowest BCUT2D eigenvalue weighted by Crippen LogP contribution is -2.56. The Kier molecular flexibility index (Phi) is 5.00. The predicted octanol–water partition coefficient (Wildman–Crippen LogP) is 0.809. The van der Waals surface area contributed by atoms with Crippen molar-refractivity contribution < 1.29 is 18.0 Å². The van der Waals surface area contributed by atoms with Gasteiger partial charge in [0.25, 0.3) is 0 Å². The number of piperidine rings is 1. The molecule has 27 heavy (non-hydrogen) atoms. The molecule has 3 N–H and O–H groups in total. The fraction of sp³-hybridized carbons (Fsp3) is 0.611. The third-order valence-electron chi connectivity index (χ3n) is 5.78. The lowest BCUT2D eigenvalue weighted by Gasteiger charge is -2.38. The van der Waals surface area contributed by atoms with Crippen molar-refractivity contribution in [3.05, 3.63) is 29.8 Å². The minimum absolute atomic E-state index is 0.0717. The highest BCUT2D eigenvalue weighted by Crippen LogP contribution is 2.32. The van der Waals surface area contributed by atoms with Gasteiger partial charge in [-0.25, -0.2) is 5.43 Å². The number of amides is 1. The predicted molar refractivity (Wildman–Crippen MR) is 95.1 cm³/mol. The lowest BCUT2D eigenvalue weighted by molar-refractivity contribution is -0.137. The summed E-state index contributed by atoms with van der Waals surface area (Å²) in [5.41, 5.74) is 6.28. The summed E-state index contributed by atoms with van der Waals surface area (Å²) in [7, 11) is 0. The zero-order valence-corrected chi connectivity index (χ0v) is 14.9. The Morgan fingerprint density at radius 1 is 1.11 bits per heavy atom. The van der Waals surface area contributed by atoms with E-state index in [-0.39, 0.29) is 17.9 Å². The van der Waals surface area contributed by atoms with E-state index in [1.807, 2.05) is 9.80 Å². The van der Waals surface area contributed by atoms with E-state index in [2.05, 4.69) is 16.2 Å². The molecule has 0 aliphatic carbocycles. The van der Waals surface area contributed by atoms with Gasteiger partial charge in [-0.3, -0.25) is 10.2 Å². The van der Waals surface area contributed by atoms with Gasteiger partial charge in [0, 0.05) is 50.4 Å². The van der Waals surface area contributed by atoms with Crippen LogP contribution < -0.4 is 21.1 Å². The number of nitrogens with one attached hydrogen (secondary N) is 3. The summed E-state index contributed by atoms with van der Waals surface area (Å²) in [6, 6.07) is 5.44. The van der Waals surface area contributed by atoms with Crippen LogP contribution in [0.25, 0.3) is 0 Å². The topological polar surface area (TPSA) is 59.6 Å². The summed E-state index contributed by atoms with van der Waals surface area (Å²) in [6.07, 6.45) is -3.36. The molecular weight excluding hydrogens is 359 g/mol. The molecule has 0 spiro atoms. The standard InChI is InChI=1S/C18H24F3N5O/c19-18(20,21)12-2-1-3-13(10-12)25-6-8-26(9-7-25)17(27)16-14-11-22-5-4-15(14)23-24-16/h1-3,10,14-16,22-24H,4-9,11H2. The maximum Gasteiger partial charge on any atom is 0.416 e. The Labute approximate surface area is 156 Å². The van der Waals surface area contributed by atoms with Crippen LogP contribution in [0.2, 0.25) is 0 Å². The van der Waals surface area contributed by atoms with E-state index in [1.54, 1.807) is 6.07 Å². The monoisotopic (exact) mass is 383 g/mol. The van der Waals surface area contributed by atoms with Crippen LogP contribution in [0.5, 0.6) is 0 Å². The molecule has 3 atom stereocenters. The molecule has 0 radical (unpaired) electrons. The smallest absolute Gasteiger partial charge is 0.368 e. The number of hydrogen-bond donors (Lipinski definition) is 3. The quantitative estimate of drug-likeness (QED) is 0.706. The average molecular weight is 383 g/mol. The van der Waals surface area contributed by atoms with Crippen molar-refractivity contribution in [2.45, 2.75) is 24.7 Å². The Balaban J connectivity index is 1.37. The van der Waals surface area contributed by atoms with Gasteiger partial charge < -0.3 is 15.1 Å². The zero-order valence-electron chi connectivity index (χ0n) is 14.9. The van der Waals surface area contributed by atoms with Crippen molar-refractivity contribution >= 4 is 11.6 Å². The molecule has 1 aromatic rings. The third-order valence-corrected chi connectivity index (χ3v) is 5.78. The molecule has 3 fully saturated rings. The first-order valence-electron chi connectivity index (χ1n) is 9.36. The van der Waals surface area contributed by atoms with Gasteiger partial charge >= 0.3 is 6.18 Å². The molecule has 6 nitrogen and oxygen atoms in total. The fourth-order valence-electron chi connectivity index (χ4n) is 4.22. The molecule has 4 rings (SSSR count). The second kappa shape index (κ2) is 7.29. The number of hydrogen-bond acceptors (Lipinski definition) is 5. The average Bonchev–Trinajstić information content (AvgIpc) is 3.11. The molecule has 1 amide bonds. The first-order chi connectivity index (χ1) is 12.9. The number of alkyl halides is 3. The zero-order chi connectivity index (χ0) is 19.0. The number of carbonyl (C=O) groups is 1. The van der Waals surface area contributed by atoms with Gasteiger partial charge in [-0.05, 0) is 31.2 Å². The van der Waals surface area contributed by atoms with E-state index in [9.17, 15) is 18.0 Å². The molecule has 9 heteroatoms. The Morgan fingerprint density at radius 3 is 2.63 bits per heavy atom. The summed E-state index contributed by atoms with van der Waals surface area (Å²) in [6.45, 7) is 3.84. The van der Waals surface area contributed by atoms with Gasteiger partial charge in [0.1, 0.15) is 6.04 Å². The van der Waals surface area contributed by atoms with Crippen LogP contribution in [-0.2, 0) is 11.0 Å². The van der Waals surface area contributed by atoms with E-state index in [4.69, 9.17) is 0 Å². The Morgan fingerprint density at radius 2 is 1.89 bits per heavy atom. The Bertz CT molecular complexity index is 690. The second-order valence-corrected chi connectivity index (χ2v) is 7.39. The van der Waals surface area contributed by atoms with Crippen LogP contribution in [-0.4, -0.2) is 62.2 Å². The van der Waals surface area contributed by atoms with Gasteiger partial charge in [-0.1, -0.05) is 6.07 Å². The summed E-state index contributed by atoms with van der Waals surface area (Å²) >= 11 is 0. The fourth-order valence-corrected chi connectivity index (χ4v) is 4.22. The summed E-state index contributed by atoms with van der Waals surface area (Å²) < 4.78 is 38.8. The molecule has 148 valence electrons. The highest BCUT2D eigenvalue weighted by Gasteiger charge is 2.43. The van der Waals surface area contributed by atoms with Crippen molar-refractivity contribution in [3.63, 3.8) is 0 Å². The number of halogens is 3. The minimum Gasteiger partial charge on any atom is -0.368 e. The maximum atomic E-state index is 12.9. The van der Waals surface area contributed by atoms with E-state index in [0.29, 0.717) is 37.9 Å². The van der Waals surface area contributed by atoms with Crippen LogP contribution in [0.15, 0.2) is 24.3 Å². The van der Waals surface area contributed by atoms with Crippen LogP contribution in [0.3, 0.4) is 0 Å². The van der Waals surface area contributed by atoms with Crippen molar-refractivity contribution in [2.75, 3.05) is 44.2 Å². The van der Waals surface area contributed by atoms with Crippen LogP contribution in [0.4, 0.5) is 18.9 Å². The molecule has 0 bridgehead atoms. The summed E-state index contributed by atoms with van der Waals surface area (Å²) in [4.78, 5) is 16.6. The normalized spacial score (nSPS) is 28.9. The number of hydrazine groups is 1. The van der Waals surface area contributed by atoms with Crippen molar-refractivity contribution in [2.24, 2.45) is 5.92 Å². The van der Waals surface area contributed by atoms with Gasteiger partial charge in [0.2, 0.25) is 5.91 Å². The highest BCUT2D eigenvalue weighted by atomic mass is 19.4. The van der Waals surface area contributed by atoms with Crippen LogP contribution in [0.1, 0.15) is 12.0 Å². The first-order valence-corrected chi connectivity index (χ1v) is 9.36. The summed E-state index contributed by atoms with van der Waals surface area (Å²) in [5, 5.41) is 3.34. The molecule has 3 unspecified atom stereocenters. The molecule has 3 aliphatic heterocycles. The van der Waals surface area contributed by atoms with Crippen LogP contribution in [0, 0.1) is 5.92 Å². The number of carbonyl (C=O) groups excluding carboxylic acids is 1. The van der Waals surface area contributed by atoms with Gasteiger partial charge in [0.05, 0.1) is 5.56 Å².